The van der Waals surface area contributed by atoms with Crippen molar-refractivity contribution in [2.75, 3.05) is 0 Å². The van der Waals surface area contributed by atoms with E-state index in [9.17, 15) is 19.8 Å². The lowest BCUT2D eigenvalue weighted by atomic mass is 9.98. The minimum atomic E-state index is -1.14. The molecule has 0 amide bonds. The van der Waals surface area contributed by atoms with Crippen molar-refractivity contribution in [2.45, 2.75) is 26.7 Å². The highest BCUT2D eigenvalue weighted by Crippen LogP contribution is 2.10. The molecular weight excluding hydrogens is 160 g/mol. The number of rotatable bonds is 5. The summed E-state index contributed by atoms with van der Waals surface area (Å²) in [4.78, 5) is 20.4. The van der Waals surface area contributed by atoms with Crippen LogP contribution in [-0.2, 0) is 9.59 Å². The van der Waals surface area contributed by atoms with Crippen LogP contribution in [0.1, 0.15) is 26.7 Å². The lowest BCUT2D eigenvalue weighted by molar-refractivity contribution is -0.314. The van der Waals surface area contributed by atoms with Gasteiger partial charge in [-0.3, -0.25) is 0 Å². The Hall–Kier alpha value is -1.06. The third-order valence-corrected chi connectivity index (χ3v) is 1.84. The molecule has 4 heteroatoms. The SMILES string of the molecule is C[C@@H](CC[C@H](C)C(=O)[O-])C(=O)[O-]. The van der Waals surface area contributed by atoms with Crippen molar-refractivity contribution < 1.29 is 19.8 Å². The lowest BCUT2D eigenvalue weighted by Gasteiger charge is -2.16. The average molecular weight is 172 g/mol. The summed E-state index contributed by atoms with van der Waals surface area (Å²) in [7, 11) is 0. The molecule has 0 aromatic carbocycles. The van der Waals surface area contributed by atoms with Crippen molar-refractivity contribution in [3.8, 4) is 0 Å². The average Bonchev–Trinajstić information content (AvgIpc) is 1.98. The Morgan fingerprint density at radius 1 is 1.00 bits per heavy atom. The van der Waals surface area contributed by atoms with Gasteiger partial charge in [0.05, 0.1) is 0 Å². The molecule has 0 N–H and O–H groups in total. The molecule has 2 atom stereocenters. The van der Waals surface area contributed by atoms with Crippen molar-refractivity contribution >= 4 is 11.9 Å². The van der Waals surface area contributed by atoms with E-state index in [1.807, 2.05) is 0 Å². The smallest absolute Gasteiger partial charge is 0.0442 e. The Morgan fingerprint density at radius 3 is 1.42 bits per heavy atom. The molecule has 0 radical (unpaired) electrons. The van der Waals surface area contributed by atoms with Gasteiger partial charge in [0.1, 0.15) is 0 Å². The van der Waals surface area contributed by atoms with E-state index in [4.69, 9.17) is 0 Å². The zero-order chi connectivity index (χ0) is 9.72. The Labute approximate surface area is 71.2 Å². The van der Waals surface area contributed by atoms with Gasteiger partial charge in [-0.05, 0) is 24.7 Å². The van der Waals surface area contributed by atoms with Gasteiger partial charge in [0.25, 0.3) is 0 Å². The van der Waals surface area contributed by atoms with E-state index in [1.165, 1.54) is 13.8 Å². The quantitative estimate of drug-likeness (QED) is 0.507. The third-order valence-electron chi connectivity index (χ3n) is 1.84. The molecule has 0 rings (SSSR count). The number of aliphatic carboxylic acids is 2. The van der Waals surface area contributed by atoms with E-state index in [0.717, 1.165) is 0 Å². The van der Waals surface area contributed by atoms with Gasteiger partial charge in [0, 0.05) is 11.9 Å². The van der Waals surface area contributed by atoms with E-state index in [-0.39, 0.29) is 0 Å². The van der Waals surface area contributed by atoms with Gasteiger partial charge < -0.3 is 19.8 Å². The second kappa shape index (κ2) is 4.74. The molecular formula is C8H12O4-2. The Balaban J connectivity index is 3.68. The zero-order valence-corrected chi connectivity index (χ0v) is 7.20. The van der Waals surface area contributed by atoms with Crippen LogP contribution in [0.5, 0.6) is 0 Å². The predicted octanol–water partition coefficient (Wildman–Crippen LogP) is -1.46. The fourth-order valence-electron chi connectivity index (χ4n) is 0.736. The monoisotopic (exact) mass is 172 g/mol. The maximum Gasteiger partial charge on any atom is 0.0442 e. The second-order valence-corrected chi connectivity index (χ2v) is 3.02. The lowest BCUT2D eigenvalue weighted by Crippen LogP contribution is -2.32. The molecule has 0 spiro atoms. The van der Waals surface area contributed by atoms with Crippen LogP contribution in [0.15, 0.2) is 0 Å². The van der Waals surface area contributed by atoms with Gasteiger partial charge in [0.2, 0.25) is 0 Å². The normalized spacial score (nSPS) is 15.2. The number of carbonyl (C=O) groups is 2. The van der Waals surface area contributed by atoms with E-state index in [0.29, 0.717) is 12.8 Å². The number of carboxylic acids is 2. The molecule has 0 aromatic heterocycles. The van der Waals surface area contributed by atoms with Crippen LogP contribution in [0, 0.1) is 11.8 Å². The maximum absolute atomic E-state index is 10.2. The van der Waals surface area contributed by atoms with Crippen LogP contribution in [0.2, 0.25) is 0 Å². The molecule has 0 aromatic rings. The van der Waals surface area contributed by atoms with Gasteiger partial charge in [-0.1, -0.05) is 13.8 Å². The molecule has 0 fully saturated rings. The number of carbonyl (C=O) groups excluding carboxylic acids is 2. The molecule has 0 saturated carbocycles. The predicted molar refractivity (Wildman–Crippen MR) is 37.6 cm³/mol. The highest BCUT2D eigenvalue weighted by atomic mass is 16.4. The molecule has 0 aliphatic carbocycles. The summed E-state index contributed by atoms with van der Waals surface area (Å²) in [6, 6.07) is 0. The van der Waals surface area contributed by atoms with Crippen LogP contribution < -0.4 is 10.2 Å². The summed E-state index contributed by atoms with van der Waals surface area (Å²) in [5.74, 6) is -3.46. The zero-order valence-electron chi connectivity index (χ0n) is 7.20. The fourth-order valence-corrected chi connectivity index (χ4v) is 0.736. The summed E-state index contributed by atoms with van der Waals surface area (Å²) in [5, 5.41) is 20.4. The van der Waals surface area contributed by atoms with Crippen molar-refractivity contribution in [2.24, 2.45) is 11.8 Å². The van der Waals surface area contributed by atoms with Crippen LogP contribution >= 0.6 is 0 Å². The molecule has 0 unspecified atom stereocenters. The van der Waals surface area contributed by atoms with Gasteiger partial charge in [0.15, 0.2) is 0 Å². The molecule has 0 saturated heterocycles. The second-order valence-electron chi connectivity index (χ2n) is 3.02. The molecule has 12 heavy (non-hydrogen) atoms. The van der Waals surface area contributed by atoms with E-state index >= 15 is 0 Å². The molecule has 0 aliphatic heterocycles. The summed E-state index contributed by atoms with van der Waals surface area (Å²) in [6.45, 7) is 2.99. The molecule has 70 valence electrons. The molecule has 4 nitrogen and oxygen atoms in total. The first-order chi connectivity index (χ1) is 5.45. The summed E-state index contributed by atoms with van der Waals surface area (Å²) in [6.07, 6.45) is 0.634. The van der Waals surface area contributed by atoms with Crippen LogP contribution in [-0.4, -0.2) is 11.9 Å². The number of hydrogen-bond acceptors (Lipinski definition) is 4. The first-order valence-corrected chi connectivity index (χ1v) is 3.87. The van der Waals surface area contributed by atoms with Crippen molar-refractivity contribution in [1.82, 2.24) is 0 Å². The fraction of sp³-hybridized carbons (Fsp3) is 0.750. The largest absolute Gasteiger partial charge is 0.550 e. The highest BCUT2D eigenvalue weighted by molar-refractivity contribution is 5.68. The maximum atomic E-state index is 10.2. The number of carboxylic acid groups (broad SMARTS) is 2. The van der Waals surface area contributed by atoms with E-state index in [2.05, 4.69) is 0 Å². The van der Waals surface area contributed by atoms with E-state index in [1.54, 1.807) is 0 Å². The summed E-state index contributed by atoms with van der Waals surface area (Å²) >= 11 is 0. The molecule has 0 heterocycles. The topological polar surface area (TPSA) is 80.3 Å². The van der Waals surface area contributed by atoms with Crippen molar-refractivity contribution in [3.63, 3.8) is 0 Å². The standard InChI is InChI=1S/C8H14O4/c1-5(7(9)10)3-4-6(2)8(11)12/h5-6H,3-4H2,1-2H3,(H,9,10)(H,11,12)/p-2/t5-,6-/m0/s1. The summed E-state index contributed by atoms with van der Waals surface area (Å²) < 4.78 is 0. The van der Waals surface area contributed by atoms with Gasteiger partial charge >= 0.3 is 0 Å². The highest BCUT2D eigenvalue weighted by Gasteiger charge is 2.07. The first kappa shape index (κ1) is 10.9. The number of hydrogen-bond donors (Lipinski definition) is 0. The van der Waals surface area contributed by atoms with Crippen molar-refractivity contribution in [1.29, 1.82) is 0 Å². The molecule has 0 aliphatic rings. The Morgan fingerprint density at radius 2 is 1.25 bits per heavy atom. The van der Waals surface area contributed by atoms with Crippen LogP contribution in [0.25, 0.3) is 0 Å². The minimum Gasteiger partial charge on any atom is -0.550 e. The van der Waals surface area contributed by atoms with Gasteiger partial charge in [-0.25, -0.2) is 0 Å². The van der Waals surface area contributed by atoms with Gasteiger partial charge in [-0.2, -0.15) is 0 Å². The van der Waals surface area contributed by atoms with E-state index < -0.39 is 23.8 Å². The summed E-state index contributed by atoms with van der Waals surface area (Å²) in [5.41, 5.74) is 0. The minimum absolute atomic E-state index is 0.317. The van der Waals surface area contributed by atoms with Crippen LogP contribution in [0.3, 0.4) is 0 Å². The third kappa shape index (κ3) is 3.95. The van der Waals surface area contributed by atoms with Crippen LogP contribution in [0.4, 0.5) is 0 Å². The Kier molecular flexibility index (Phi) is 4.33. The first-order valence-electron chi connectivity index (χ1n) is 3.87. The van der Waals surface area contributed by atoms with Gasteiger partial charge in [-0.15, -0.1) is 0 Å². The van der Waals surface area contributed by atoms with Crippen molar-refractivity contribution in [3.05, 3.63) is 0 Å². The Bertz CT molecular complexity index is 156. The molecule has 0 bridgehead atoms.